The van der Waals surface area contributed by atoms with Gasteiger partial charge in [0.05, 0.1) is 0 Å². The van der Waals surface area contributed by atoms with E-state index in [1.54, 1.807) is 6.07 Å². The number of nitrogens with zero attached hydrogens (tertiary/aromatic N) is 4. The Morgan fingerprint density at radius 2 is 2.11 bits per heavy atom. The predicted molar refractivity (Wildman–Crippen MR) is 77.8 cm³/mol. The summed E-state index contributed by atoms with van der Waals surface area (Å²) in [6, 6.07) is 5.53. The van der Waals surface area contributed by atoms with Crippen LogP contribution in [0.15, 0.2) is 23.4 Å². The van der Waals surface area contributed by atoms with Crippen molar-refractivity contribution in [3.63, 3.8) is 0 Å². The second kappa shape index (κ2) is 7.58. The Morgan fingerprint density at radius 1 is 1.37 bits per heavy atom. The molecule has 0 aliphatic heterocycles. The number of hydrogen-bond acceptors (Lipinski definition) is 5. The van der Waals surface area contributed by atoms with Crippen LogP contribution in [0.25, 0.3) is 0 Å². The van der Waals surface area contributed by atoms with Crippen molar-refractivity contribution in [3.8, 4) is 0 Å². The Hall–Kier alpha value is -1.82. The topological polar surface area (TPSA) is 78.0 Å². The van der Waals surface area contributed by atoms with E-state index in [9.17, 15) is 0 Å². The molecule has 0 saturated heterocycles. The molecule has 0 unspecified atom stereocenters. The van der Waals surface area contributed by atoms with E-state index in [1.807, 2.05) is 12.1 Å². The van der Waals surface area contributed by atoms with Gasteiger partial charge in [0.1, 0.15) is 11.5 Å². The van der Waals surface area contributed by atoms with Gasteiger partial charge < -0.3 is 20.7 Å². The summed E-state index contributed by atoms with van der Waals surface area (Å²) in [5.74, 6) is 0.886. The first-order chi connectivity index (χ1) is 9.08. The van der Waals surface area contributed by atoms with Crippen LogP contribution in [-0.4, -0.2) is 54.7 Å². The fourth-order valence-corrected chi connectivity index (χ4v) is 1.81. The molecule has 0 spiro atoms. The van der Waals surface area contributed by atoms with Gasteiger partial charge in [0.15, 0.2) is 5.84 Å². The molecule has 0 aliphatic carbocycles. The van der Waals surface area contributed by atoms with Crippen LogP contribution in [-0.2, 0) is 0 Å². The molecule has 0 aliphatic rings. The number of amidine groups is 1. The average Bonchev–Trinajstić information content (AvgIpc) is 2.42. The Kier molecular flexibility index (Phi) is 6.08. The quantitative estimate of drug-likeness (QED) is 0.332. The Balaban J connectivity index is 2.75. The van der Waals surface area contributed by atoms with E-state index in [0.717, 1.165) is 31.9 Å². The summed E-state index contributed by atoms with van der Waals surface area (Å²) in [4.78, 5) is 8.75. The summed E-state index contributed by atoms with van der Waals surface area (Å²) >= 11 is 0. The number of oxime groups is 1. The largest absolute Gasteiger partial charge is 0.409 e. The molecule has 106 valence electrons. The summed E-state index contributed by atoms with van der Waals surface area (Å²) < 4.78 is 0. The molecule has 1 rings (SSSR count). The standard InChI is InChI=1S/C13H23N5O/c1-4-18(10-6-9-17(2)3)12-8-5-7-11(15-12)13(14)16-19/h5,7-8,19H,4,6,9-10H2,1-3H3,(H2,14,16). The first-order valence-corrected chi connectivity index (χ1v) is 6.43. The van der Waals surface area contributed by atoms with Gasteiger partial charge in [0.2, 0.25) is 0 Å². The lowest BCUT2D eigenvalue weighted by Crippen LogP contribution is -2.28. The van der Waals surface area contributed by atoms with Gasteiger partial charge in [0, 0.05) is 13.1 Å². The summed E-state index contributed by atoms with van der Waals surface area (Å²) in [5.41, 5.74) is 6.05. The molecule has 0 atom stereocenters. The Morgan fingerprint density at radius 3 is 2.68 bits per heavy atom. The molecule has 0 radical (unpaired) electrons. The smallest absolute Gasteiger partial charge is 0.188 e. The van der Waals surface area contributed by atoms with Gasteiger partial charge in [-0.3, -0.25) is 0 Å². The summed E-state index contributed by atoms with van der Waals surface area (Å²) in [5, 5.41) is 11.7. The lowest BCUT2D eigenvalue weighted by Gasteiger charge is -2.23. The second-order valence-electron chi connectivity index (χ2n) is 4.60. The van der Waals surface area contributed by atoms with E-state index in [2.05, 4.69) is 41.0 Å². The maximum absolute atomic E-state index is 8.68. The van der Waals surface area contributed by atoms with Crippen molar-refractivity contribution in [2.45, 2.75) is 13.3 Å². The second-order valence-corrected chi connectivity index (χ2v) is 4.60. The lowest BCUT2D eigenvalue weighted by atomic mass is 10.3. The van der Waals surface area contributed by atoms with Crippen LogP contribution in [0, 0.1) is 0 Å². The SMILES string of the molecule is CCN(CCCN(C)C)c1cccc(/C(N)=N/O)n1. The van der Waals surface area contributed by atoms with Crippen molar-refractivity contribution in [1.29, 1.82) is 0 Å². The normalized spacial score (nSPS) is 11.9. The molecular weight excluding hydrogens is 242 g/mol. The van der Waals surface area contributed by atoms with Gasteiger partial charge in [-0.25, -0.2) is 4.98 Å². The zero-order valence-electron chi connectivity index (χ0n) is 11.9. The monoisotopic (exact) mass is 265 g/mol. The van der Waals surface area contributed by atoms with E-state index in [4.69, 9.17) is 10.9 Å². The van der Waals surface area contributed by atoms with Crippen LogP contribution < -0.4 is 10.6 Å². The molecule has 19 heavy (non-hydrogen) atoms. The van der Waals surface area contributed by atoms with Crippen molar-refractivity contribution < 1.29 is 5.21 Å². The molecule has 6 heteroatoms. The zero-order valence-corrected chi connectivity index (χ0v) is 11.9. The minimum Gasteiger partial charge on any atom is -0.409 e. The van der Waals surface area contributed by atoms with E-state index >= 15 is 0 Å². The van der Waals surface area contributed by atoms with Crippen LogP contribution in [0.5, 0.6) is 0 Å². The fourth-order valence-electron chi connectivity index (χ4n) is 1.81. The number of rotatable bonds is 7. The van der Waals surface area contributed by atoms with Crippen molar-refractivity contribution in [1.82, 2.24) is 9.88 Å². The predicted octanol–water partition coefficient (Wildman–Crippen LogP) is 0.954. The summed E-state index contributed by atoms with van der Waals surface area (Å²) in [6.07, 6.45) is 1.07. The third-order valence-electron chi connectivity index (χ3n) is 2.84. The highest BCUT2D eigenvalue weighted by Gasteiger charge is 2.08. The van der Waals surface area contributed by atoms with Crippen LogP contribution >= 0.6 is 0 Å². The van der Waals surface area contributed by atoms with E-state index in [-0.39, 0.29) is 5.84 Å². The molecule has 0 bridgehead atoms. The molecule has 1 aromatic heterocycles. The van der Waals surface area contributed by atoms with E-state index in [0.29, 0.717) is 5.69 Å². The fraction of sp³-hybridized carbons (Fsp3) is 0.538. The molecule has 0 saturated carbocycles. The first-order valence-electron chi connectivity index (χ1n) is 6.43. The average molecular weight is 265 g/mol. The summed E-state index contributed by atoms with van der Waals surface area (Å²) in [6.45, 7) is 4.94. The number of anilines is 1. The molecule has 1 aromatic rings. The van der Waals surface area contributed by atoms with Gasteiger partial charge in [-0.05, 0) is 46.1 Å². The van der Waals surface area contributed by atoms with Gasteiger partial charge in [-0.1, -0.05) is 11.2 Å². The van der Waals surface area contributed by atoms with Crippen molar-refractivity contribution in [2.75, 3.05) is 38.6 Å². The number of nitrogens with two attached hydrogens (primary N) is 1. The van der Waals surface area contributed by atoms with Gasteiger partial charge in [0.25, 0.3) is 0 Å². The van der Waals surface area contributed by atoms with E-state index < -0.39 is 0 Å². The minimum absolute atomic E-state index is 0.0335. The van der Waals surface area contributed by atoms with E-state index in [1.165, 1.54) is 0 Å². The van der Waals surface area contributed by atoms with Gasteiger partial charge in [-0.2, -0.15) is 0 Å². The molecular formula is C13H23N5O. The molecule has 0 amide bonds. The highest BCUT2D eigenvalue weighted by atomic mass is 16.4. The number of aromatic nitrogens is 1. The lowest BCUT2D eigenvalue weighted by molar-refractivity contribution is 0.318. The van der Waals surface area contributed by atoms with Crippen LogP contribution in [0.1, 0.15) is 19.0 Å². The summed E-state index contributed by atoms with van der Waals surface area (Å²) in [7, 11) is 4.13. The van der Waals surface area contributed by atoms with Crippen molar-refractivity contribution >= 4 is 11.7 Å². The third-order valence-corrected chi connectivity index (χ3v) is 2.84. The maximum atomic E-state index is 8.68. The van der Waals surface area contributed by atoms with Gasteiger partial charge >= 0.3 is 0 Å². The molecule has 6 nitrogen and oxygen atoms in total. The van der Waals surface area contributed by atoms with Crippen molar-refractivity contribution in [2.24, 2.45) is 10.9 Å². The molecule has 1 heterocycles. The molecule has 0 aromatic carbocycles. The first kappa shape index (κ1) is 15.2. The Bertz CT molecular complexity index is 419. The van der Waals surface area contributed by atoms with Crippen LogP contribution in [0.2, 0.25) is 0 Å². The van der Waals surface area contributed by atoms with Crippen LogP contribution in [0.3, 0.4) is 0 Å². The molecule has 3 N–H and O–H groups in total. The minimum atomic E-state index is 0.0335. The zero-order chi connectivity index (χ0) is 14.3. The third kappa shape index (κ3) is 4.75. The van der Waals surface area contributed by atoms with Crippen LogP contribution in [0.4, 0.5) is 5.82 Å². The van der Waals surface area contributed by atoms with Crippen molar-refractivity contribution in [3.05, 3.63) is 23.9 Å². The highest BCUT2D eigenvalue weighted by Crippen LogP contribution is 2.11. The molecule has 0 fully saturated rings. The number of hydrogen-bond donors (Lipinski definition) is 2. The Labute approximate surface area is 114 Å². The maximum Gasteiger partial charge on any atom is 0.188 e. The highest BCUT2D eigenvalue weighted by molar-refractivity contribution is 5.95. The number of pyridine rings is 1. The van der Waals surface area contributed by atoms with Gasteiger partial charge in [-0.15, -0.1) is 0 Å².